The molecule has 0 atom stereocenters. The van der Waals surface area contributed by atoms with E-state index >= 15 is 0 Å². The molecule has 0 amide bonds. The maximum atomic E-state index is 5.66. The number of nitrogens with one attached hydrogen (secondary N) is 1. The first-order valence-corrected chi connectivity index (χ1v) is 8.07. The lowest BCUT2D eigenvalue weighted by Gasteiger charge is -2.05. The topological polar surface area (TPSA) is 54.7 Å². The lowest BCUT2D eigenvalue weighted by atomic mass is 9.99. The molecule has 0 radical (unpaired) electrons. The van der Waals surface area contributed by atoms with Gasteiger partial charge in [0, 0.05) is 34.6 Å². The molecule has 1 aromatic carbocycles. The Balaban J connectivity index is 2.11. The maximum absolute atomic E-state index is 5.66. The van der Waals surface area contributed by atoms with Gasteiger partial charge in [-0.25, -0.2) is 0 Å². The van der Waals surface area contributed by atoms with Gasteiger partial charge in [0.25, 0.3) is 0 Å². The minimum Gasteiger partial charge on any atom is -0.354 e. The van der Waals surface area contributed by atoms with Crippen LogP contribution in [0.3, 0.4) is 0 Å². The molecular weight excluding hydrogens is 270 g/mol. The molecule has 3 aromatic rings. The fourth-order valence-electron chi connectivity index (χ4n) is 2.99. The van der Waals surface area contributed by atoms with Crippen molar-refractivity contribution in [3.63, 3.8) is 0 Å². The highest BCUT2D eigenvalue weighted by molar-refractivity contribution is 5.91. The number of pyridine rings is 1. The lowest BCUT2D eigenvalue weighted by Crippen LogP contribution is -1.99. The highest BCUT2D eigenvalue weighted by atomic mass is 14.7. The number of nitrogens with zero attached hydrogens (tertiary/aromatic N) is 1. The van der Waals surface area contributed by atoms with Crippen molar-refractivity contribution in [2.45, 2.75) is 32.6 Å². The second kappa shape index (κ2) is 6.75. The molecule has 0 saturated carbocycles. The van der Waals surface area contributed by atoms with Gasteiger partial charge in [0.2, 0.25) is 0 Å². The summed E-state index contributed by atoms with van der Waals surface area (Å²) in [7, 11) is 0. The minimum atomic E-state index is 0.757. The molecule has 3 heteroatoms. The van der Waals surface area contributed by atoms with Crippen LogP contribution in [0.25, 0.3) is 22.2 Å². The third-order valence-electron chi connectivity index (χ3n) is 4.23. The summed E-state index contributed by atoms with van der Waals surface area (Å²) in [4.78, 5) is 7.73. The molecule has 0 aliphatic carbocycles. The summed E-state index contributed by atoms with van der Waals surface area (Å²) in [5, 5.41) is 1.35. The summed E-state index contributed by atoms with van der Waals surface area (Å²) in [5.41, 5.74) is 12.1. The highest BCUT2D eigenvalue weighted by Gasteiger charge is 2.13. The molecular formula is C19H23N3. The second-order valence-electron chi connectivity index (χ2n) is 5.69. The zero-order valence-corrected chi connectivity index (χ0v) is 13.1. The zero-order chi connectivity index (χ0) is 15.4. The summed E-state index contributed by atoms with van der Waals surface area (Å²) in [6.45, 7) is 2.96. The number of aryl methyl sites for hydroxylation is 2. The summed E-state index contributed by atoms with van der Waals surface area (Å²) in [6.07, 6.45) is 8.01. The molecule has 3 N–H and O–H groups in total. The van der Waals surface area contributed by atoms with Crippen LogP contribution >= 0.6 is 0 Å². The first kappa shape index (κ1) is 14.8. The smallest absolute Gasteiger partial charge is 0.0498 e. The van der Waals surface area contributed by atoms with E-state index in [1.807, 2.05) is 12.4 Å². The molecule has 0 unspecified atom stereocenters. The Morgan fingerprint density at radius 1 is 1.09 bits per heavy atom. The molecule has 0 bridgehead atoms. The van der Waals surface area contributed by atoms with E-state index < -0.39 is 0 Å². The van der Waals surface area contributed by atoms with Gasteiger partial charge < -0.3 is 10.7 Å². The second-order valence-corrected chi connectivity index (χ2v) is 5.69. The first-order valence-electron chi connectivity index (χ1n) is 8.07. The van der Waals surface area contributed by atoms with Crippen molar-refractivity contribution >= 4 is 10.9 Å². The predicted molar refractivity (Wildman–Crippen MR) is 92.9 cm³/mol. The van der Waals surface area contributed by atoms with E-state index in [-0.39, 0.29) is 0 Å². The van der Waals surface area contributed by atoms with Crippen molar-refractivity contribution < 1.29 is 0 Å². The number of fused-ring (bicyclic) bond motifs is 1. The first-order chi connectivity index (χ1) is 10.8. The van der Waals surface area contributed by atoms with Crippen LogP contribution in [-0.4, -0.2) is 16.5 Å². The van der Waals surface area contributed by atoms with Crippen molar-refractivity contribution in [2.24, 2.45) is 5.73 Å². The molecule has 114 valence electrons. The van der Waals surface area contributed by atoms with E-state index in [0.29, 0.717) is 0 Å². The third kappa shape index (κ3) is 2.90. The number of hydrogen-bond donors (Lipinski definition) is 2. The Labute approximate surface area is 131 Å². The van der Waals surface area contributed by atoms with Crippen LogP contribution in [0.5, 0.6) is 0 Å². The van der Waals surface area contributed by atoms with Gasteiger partial charge >= 0.3 is 0 Å². The molecule has 0 aliphatic heterocycles. The van der Waals surface area contributed by atoms with Gasteiger partial charge in [-0.2, -0.15) is 0 Å². The molecule has 2 aromatic heterocycles. The van der Waals surface area contributed by atoms with Crippen LogP contribution in [0.2, 0.25) is 0 Å². The van der Waals surface area contributed by atoms with Crippen molar-refractivity contribution in [1.82, 2.24) is 9.97 Å². The number of H-pyrrole nitrogens is 1. The number of aromatic nitrogens is 2. The molecule has 0 fully saturated rings. The van der Waals surface area contributed by atoms with E-state index in [9.17, 15) is 0 Å². The Hall–Kier alpha value is -2.13. The fraction of sp³-hybridized carbons (Fsp3) is 0.316. The van der Waals surface area contributed by atoms with Crippen LogP contribution in [0, 0.1) is 0 Å². The molecule has 0 spiro atoms. The fourth-order valence-corrected chi connectivity index (χ4v) is 2.99. The zero-order valence-electron chi connectivity index (χ0n) is 13.1. The van der Waals surface area contributed by atoms with Gasteiger partial charge in [-0.3, -0.25) is 4.98 Å². The number of benzene rings is 1. The summed E-state index contributed by atoms with van der Waals surface area (Å²) < 4.78 is 0. The molecule has 2 heterocycles. The number of aromatic amines is 1. The minimum absolute atomic E-state index is 0.757. The number of rotatable bonds is 6. The average Bonchev–Trinajstić information content (AvgIpc) is 2.94. The Morgan fingerprint density at radius 2 is 1.91 bits per heavy atom. The number of nitrogens with two attached hydrogens (primary N) is 1. The van der Waals surface area contributed by atoms with E-state index in [1.165, 1.54) is 33.3 Å². The van der Waals surface area contributed by atoms with Crippen LogP contribution in [0.4, 0.5) is 0 Å². The van der Waals surface area contributed by atoms with Crippen LogP contribution in [0.1, 0.15) is 30.9 Å². The average molecular weight is 293 g/mol. The van der Waals surface area contributed by atoms with Crippen LogP contribution < -0.4 is 5.73 Å². The Kier molecular flexibility index (Phi) is 4.54. The van der Waals surface area contributed by atoms with Crippen molar-refractivity contribution in [1.29, 1.82) is 0 Å². The van der Waals surface area contributed by atoms with Gasteiger partial charge in [-0.15, -0.1) is 0 Å². The van der Waals surface area contributed by atoms with Crippen molar-refractivity contribution in [3.8, 4) is 11.3 Å². The van der Waals surface area contributed by atoms with Gasteiger partial charge in [-0.05, 0) is 67.6 Å². The van der Waals surface area contributed by atoms with E-state index in [0.717, 1.165) is 32.2 Å². The normalized spacial score (nSPS) is 11.2. The van der Waals surface area contributed by atoms with Gasteiger partial charge in [0.05, 0.1) is 0 Å². The van der Waals surface area contributed by atoms with Crippen LogP contribution in [-0.2, 0) is 12.8 Å². The Morgan fingerprint density at radius 3 is 2.64 bits per heavy atom. The summed E-state index contributed by atoms with van der Waals surface area (Å²) in [5.74, 6) is 0. The largest absolute Gasteiger partial charge is 0.354 e. The summed E-state index contributed by atoms with van der Waals surface area (Å²) >= 11 is 0. The molecule has 3 rings (SSSR count). The van der Waals surface area contributed by atoms with Crippen molar-refractivity contribution in [2.75, 3.05) is 6.54 Å². The summed E-state index contributed by atoms with van der Waals surface area (Å²) in [6, 6.07) is 10.9. The molecule has 0 saturated heterocycles. The highest BCUT2D eigenvalue weighted by Crippen LogP contribution is 2.32. The van der Waals surface area contributed by atoms with Crippen molar-refractivity contribution in [3.05, 3.63) is 53.9 Å². The number of unbranched alkanes of at least 4 members (excludes halogenated alkanes) is 1. The SMILES string of the molecule is CCc1ccc2[nH]c(-c3ccncc3)c(CCCCN)c2c1. The molecule has 22 heavy (non-hydrogen) atoms. The molecule has 3 nitrogen and oxygen atoms in total. The lowest BCUT2D eigenvalue weighted by molar-refractivity contribution is 0.748. The monoisotopic (exact) mass is 293 g/mol. The van der Waals surface area contributed by atoms with E-state index in [4.69, 9.17) is 5.73 Å². The van der Waals surface area contributed by atoms with Crippen LogP contribution in [0.15, 0.2) is 42.7 Å². The Bertz CT molecular complexity index is 744. The molecule has 0 aliphatic rings. The van der Waals surface area contributed by atoms with Gasteiger partial charge in [0.1, 0.15) is 0 Å². The van der Waals surface area contributed by atoms with Gasteiger partial charge in [0.15, 0.2) is 0 Å². The van der Waals surface area contributed by atoms with E-state index in [2.05, 4.69) is 47.2 Å². The van der Waals surface area contributed by atoms with Gasteiger partial charge in [-0.1, -0.05) is 13.0 Å². The van der Waals surface area contributed by atoms with E-state index in [1.54, 1.807) is 0 Å². The predicted octanol–water partition coefficient (Wildman–Crippen LogP) is 4.07. The number of hydrogen-bond acceptors (Lipinski definition) is 2. The standard InChI is InChI=1S/C19H23N3/c1-2-14-6-7-18-17(13-14)16(5-3-4-10-20)19(22-18)15-8-11-21-12-9-15/h6-9,11-13,22H,2-5,10,20H2,1H3. The maximum Gasteiger partial charge on any atom is 0.0498 e. The quantitative estimate of drug-likeness (QED) is 0.673. The third-order valence-corrected chi connectivity index (χ3v) is 4.23.